The maximum atomic E-state index is 12.1. The van der Waals surface area contributed by atoms with Crippen molar-refractivity contribution in [3.8, 4) is 11.5 Å². The molecule has 3 rings (SSSR count). The molecule has 7 heteroatoms. The van der Waals surface area contributed by atoms with E-state index in [1.54, 1.807) is 12.1 Å². The maximum Gasteiger partial charge on any atom is 0.349 e. The van der Waals surface area contributed by atoms with Crippen LogP contribution in [0.5, 0.6) is 11.5 Å². The van der Waals surface area contributed by atoms with Crippen molar-refractivity contribution in [3.05, 3.63) is 69.1 Å². The van der Waals surface area contributed by atoms with Crippen LogP contribution in [0.4, 0.5) is 0 Å². The van der Waals surface area contributed by atoms with Crippen LogP contribution in [0.15, 0.2) is 63.5 Å². The van der Waals surface area contributed by atoms with Crippen LogP contribution in [0.2, 0.25) is 0 Å². The summed E-state index contributed by atoms with van der Waals surface area (Å²) in [6.07, 6.45) is 0. The molecule has 1 N–H and O–H groups in total. The molecule has 0 aromatic heterocycles. The maximum absolute atomic E-state index is 12.1. The lowest BCUT2D eigenvalue weighted by atomic mass is 10.1. The second-order valence-corrected chi connectivity index (χ2v) is 7.02. The molecule has 3 aromatic rings. The zero-order valence-corrected chi connectivity index (χ0v) is 16.4. The Balaban J connectivity index is 1.72. The van der Waals surface area contributed by atoms with Gasteiger partial charge in [-0.25, -0.2) is 9.59 Å². The van der Waals surface area contributed by atoms with Gasteiger partial charge in [0.05, 0.1) is 4.47 Å². The number of hydrogen-bond donors (Lipinski definition) is 1. The van der Waals surface area contributed by atoms with E-state index < -0.39 is 11.9 Å². The van der Waals surface area contributed by atoms with Gasteiger partial charge in [0.1, 0.15) is 17.1 Å². The summed E-state index contributed by atoms with van der Waals surface area (Å²) in [6, 6.07) is 15.8. The van der Waals surface area contributed by atoms with Crippen LogP contribution < -0.4 is 9.47 Å². The number of hydrogen-bond acceptors (Lipinski definition) is 4. The number of carboxylic acid groups (broad SMARTS) is 1. The third-order valence-corrected chi connectivity index (χ3v) is 4.88. The summed E-state index contributed by atoms with van der Waals surface area (Å²) in [7, 11) is 0. The number of esters is 1. The van der Waals surface area contributed by atoms with E-state index in [9.17, 15) is 14.7 Å². The molecule has 0 fully saturated rings. The zero-order chi connectivity index (χ0) is 18.7. The van der Waals surface area contributed by atoms with Crippen LogP contribution in [0.1, 0.15) is 10.4 Å². The monoisotopic (exact) mass is 478 g/mol. The molecule has 5 nitrogen and oxygen atoms in total. The topological polar surface area (TPSA) is 72.8 Å². The minimum absolute atomic E-state index is 0.0353. The predicted octanol–water partition coefficient (Wildman–Crippen LogP) is 5.05. The third kappa shape index (κ3) is 4.05. The smallest absolute Gasteiger partial charge is 0.349 e. The molecule has 3 aromatic carbocycles. The average Bonchev–Trinajstić information content (AvgIpc) is 2.62. The standard InChI is InChI=1S/C19H12Br2O5/c20-12-6-8-15(14(9-12)19(23)24)26-17(22)10-25-16-7-5-11-3-1-2-4-13(11)18(16)21/h1-9H,10H2,(H,23,24). The molecule has 0 atom stereocenters. The summed E-state index contributed by atoms with van der Waals surface area (Å²) in [5.74, 6) is -1.43. The lowest BCUT2D eigenvalue weighted by Gasteiger charge is -2.11. The van der Waals surface area contributed by atoms with Gasteiger partial charge in [0.25, 0.3) is 0 Å². The van der Waals surface area contributed by atoms with Crippen molar-refractivity contribution in [3.63, 3.8) is 0 Å². The first kappa shape index (κ1) is 18.4. The number of halogens is 2. The molecule has 0 radical (unpaired) electrons. The van der Waals surface area contributed by atoms with Gasteiger partial charge in [-0.2, -0.15) is 0 Å². The molecule has 0 saturated heterocycles. The van der Waals surface area contributed by atoms with Crippen LogP contribution in [-0.4, -0.2) is 23.7 Å². The SMILES string of the molecule is O=C(COc1ccc2ccccc2c1Br)Oc1ccc(Br)cc1C(=O)O. The Hall–Kier alpha value is -2.38. The van der Waals surface area contributed by atoms with Crippen molar-refractivity contribution in [2.24, 2.45) is 0 Å². The van der Waals surface area contributed by atoms with E-state index >= 15 is 0 Å². The number of carbonyl (C=O) groups is 2. The summed E-state index contributed by atoms with van der Waals surface area (Å²) < 4.78 is 12.0. The Labute approximate surface area is 165 Å². The number of carboxylic acids is 1. The first-order chi connectivity index (χ1) is 12.5. The number of aromatic carboxylic acids is 1. The van der Waals surface area contributed by atoms with Crippen LogP contribution >= 0.6 is 31.9 Å². The highest BCUT2D eigenvalue weighted by molar-refractivity contribution is 9.11. The minimum Gasteiger partial charge on any atom is -0.481 e. The number of benzene rings is 3. The van der Waals surface area contributed by atoms with E-state index in [1.807, 2.05) is 30.3 Å². The van der Waals surface area contributed by atoms with E-state index in [0.29, 0.717) is 10.2 Å². The molecule has 0 aliphatic rings. The Morgan fingerprint density at radius 1 is 0.962 bits per heavy atom. The van der Waals surface area contributed by atoms with E-state index in [2.05, 4.69) is 31.9 Å². The molecule has 0 saturated carbocycles. The molecule has 26 heavy (non-hydrogen) atoms. The third-order valence-electron chi connectivity index (χ3n) is 3.57. The fourth-order valence-corrected chi connectivity index (χ4v) is 3.34. The minimum atomic E-state index is -1.19. The molecule has 0 spiro atoms. The van der Waals surface area contributed by atoms with E-state index in [4.69, 9.17) is 9.47 Å². The van der Waals surface area contributed by atoms with Gasteiger partial charge in [-0.1, -0.05) is 46.3 Å². The fourth-order valence-electron chi connectivity index (χ4n) is 2.37. The van der Waals surface area contributed by atoms with Crippen LogP contribution in [0.3, 0.4) is 0 Å². The van der Waals surface area contributed by atoms with E-state index in [-0.39, 0.29) is 17.9 Å². The van der Waals surface area contributed by atoms with Crippen molar-refractivity contribution in [2.45, 2.75) is 0 Å². The highest BCUT2D eigenvalue weighted by Gasteiger charge is 2.16. The van der Waals surface area contributed by atoms with Gasteiger partial charge in [-0.05, 0) is 51.0 Å². The Morgan fingerprint density at radius 2 is 1.69 bits per heavy atom. The molecular formula is C19H12Br2O5. The highest BCUT2D eigenvalue weighted by atomic mass is 79.9. The lowest BCUT2D eigenvalue weighted by Crippen LogP contribution is -2.19. The first-order valence-corrected chi connectivity index (χ1v) is 9.08. The highest BCUT2D eigenvalue weighted by Crippen LogP contribution is 2.33. The summed E-state index contributed by atoms with van der Waals surface area (Å²) >= 11 is 6.66. The van der Waals surface area contributed by atoms with Gasteiger partial charge in [-0.15, -0.1) is 0 Å². The Bertz CT molecular complexity index is 1000. The number of fused-ring (bicyclic) bond motifs is 1. The Kier molecular flexibility index (Phi) is 5.58. The molecule has 0 bridgehead atoms. The molecule has 132 valence electrons. The van der Waals surface area contributed by atoms with Crippen LogP contribution in [0.25, 0.3) is 10.8 Å². The van der Waals surface area contributed by atoms with Gasteiger partial charge >= 0.3 is 11.9 Å². The van der Waals surface area contributed by atoms with Crippen molar-refractivity contribution < 1.29 is 24.2 Å². The zero-order valence-electron chi connectivity index (χ0n) is 13.2. The number of carbonyl (C=O) groups excluding carboxylic acids is 1. The Morgan fingerprint density at radius 3 is 2.46 bits per heavy atom. The molecule has 0 aliphatic heterocycles. The summed E-state index contributed by atoms with van der Waals surface area (Å²) in [5.41, 5.74) is -0.111. The first-order valence-electron chi connectivity index (χ1n) is 7.49. The second kappa shape index (κ2) is 7.88. The van der Waals surface area contributed by atoms with E-state index in [0.717, 1.165) is 15.2 Å². The second-order valence-electron chi connectivity index (χ2n) is 5.31. The molecule has 0 heterocycles. The molecular weight excluding hydrogens is 468 g/mol. The van der Waals surface area contributed by atoms with Gasteiger partial charge in [-0.3, -0.25) is 0 Å². The van der Waals surface area contributed by atoms with E-state index in [1.165, 1.54) is 12.1 Å². The summed E-state index contributed by atoms with van der Waals surface area (Å²) in [4.78, 5) is 23.3. The van der Waals surface area contributed by atoms with Gasteiger partial charge in [0.15, 0.2) is 6.61 Å². The largest absolute Gasteiger partial charge is 0.481 e. The van der Waals surface area contributed by atoms with Crippen LogP contribution in [-0.2, 0) is 4.79 Å². The molecule has 0 amide bonds. The molecule has 0 unspecified atom stereocenters. The number of ether oxygens (including phenoxy) is 2. The average molecular weight is 480 g/mol. The van der Waals surface area contributed by atoms with Crippen molar-refractivity contribution in [1.29, 1.82) is 0 Å². The van der Waals surface area contributed by atoms with Crippen molar-refractivity contribution >= 4 is 54.6 Å². The van der Waals surface area contributed by atoms with Crippen molar-refractivity contribution in [2.75, 3.05) is 6.61 Å². The normalized spacial score (nSPS) is 10.5. The summed E-state index contributed by atoms with van der Waals surface area (Å²) in [6.45, 7) is -0.355. The quantitative estimate of drug-likeness (QED) is 0.409. The van der Waals surface area contributed by atoms with Gasteiger partial charge in [0, 0.05) is 4.47 Å². The van der Waals surface area contributed by atoms with Gasteiger partial charge < -0.3 is 14.6 Å². The lowest BCUT2D eigenvalue weighted by molar-refractivity contribution is -0.136. The van der Waals surface area contributed by atoms with Crippen LogP contribution in [0, 0.1) is 0 Å². The van der Waals surface area contributed by atoms with Gasteiger partial charge in [0.2, 0.25) is 0 Å². The number of rotatable bonds is 5. The predicted molar refractivity (Wildman–Crippen MR) is 104 cm³/mol. The molecule has 0 aliphatic carbocycles. The summed E-state index contributed by atoms with van der Waals surface area (Å²) in [5, 5.41) is 11.2. The van der Waals surface area contributed by atoms with Crippen molar-refractivity contribution in [1.82, 2.24) is 0 Å². The fraction of sp³-hybridized carbons (Fsp3) is 0.0526.